The zero-order chi connectivity index (χ0) is 9.14. The summed E-state index contributed by atoms with van der Waals surface area (Å²) < 4.78 is 22.3. The zero-order valence-corrected chi connectivity index (χ0v) is 6.35. The fourth-order valence-corrected chi connectivity index (χ4v) is 0.724. The van der Waals surface area contributed by atoms with Gasteiger partial charge in [0.25, 0.3) is 5.91 Å². The Kier molecular flexibility index (Phi) is 2.24. The maximum atomic E-state index is 10.7. The van der Waals surface area contributed by atoms with Gasteiger partial charge >= 0.3 is 16.5 Å². The van der Waals surface area contributed by atoms with Gasteiger partial charge in [-0.3, -0.25) is 4.79 Å². The van der Waals surface area contributed by atoms with Gasteiger partial charge in [-0.05, 0) is 0 Å². The van der Waals surface area contributed by atoms with Crippen LogP contribution >= 0.6 is 0 Å². The van der Waals surface area contributed by atoms with Gasteiger partial charge in [-0.15, -0.1) is 5.01 Å². The Hall–Kier alpha value is -1.64. The molecule has 0 unspecified atom stereocenters. The summed E-state index contributed by atoms with van der Waals surface area (Å²) in [5.41, 5.74) is 0. The number of hydrogen-bond donors (Lipinski definition) is 0. The van der Waals surface area contributed by atoms with Gasteiger partial charge in [-0.25, -0.2) is 4.79 Å². The van der Waals surface area contributed by atoms with E-state index >= 15 is 0 Å². The molecule has 3 amide bonds. The third-order valence-electron chi connectivity index (χ3n) is 0.929. The fraction of sp³-hybridized carbons (Fsp3) is 0.333. The highest BCUT2D eigenvalue weighted by molar-refractivity contribution is 7.62. The second kappa shape index (κ2) is 3.17. The van der Waals surface area contributed by atoms with Crippen molar-refractivity contribution < 1.29 is 18.0 Å². The van der Waals surface area contributed by atoms with Crippen LogP contribution in [-0.4, -0.2) is 31.9 Å². The predicted octanol–water partition coefficient (Wildman–Crippen LogP) is -0.621. The van der Waals surface area contributed by atoms with E-state index in [-0.39, 0.29) is 11.6 Å². The molecule has 12 heavy (non-hydrogen) atoms. The lowest BCUT2D eigenvalue weighted by molar-refractivity contribution is -0.124. The van der Waals surface area contributed by atoms with Gasteiger partial charge in [-0.2, -0.15) is 13.5 Å². The monoisotopic (exact) mass is 190 g/mol. The normalized spacial score (nSPS) is 15.0. The fourth-order valence-electron chi connectivity index (χ4n) is 0.520. The molecule has 1 heterocycles. The Morgan fingerprint density at radius 2 is 2.25 bits per heavy atom. The molecule has 0 aromatic carbocycles. The van der Waals surface area contributed by atoms with Crippen LogP contribution in [-0.2, 0) is 15.3 Å². The van der Waals surface area contributed by atoms with Crippen molar-refractivity contribution >= 4 is 22.4 Å². The minimum Gasteiger partial charge on any atom is -0.270 e. The van der Waals surface area contributed by atoms with Gasteiger partial charge in [0.15, 0.2) is 0 Å². The molecule has 0 aromatic heterocycles. The van der Waals surface area contributed by atoms with Crippen LogP contribution in [0.5, 0.6) is 0 Å². The van der Waals surface area contributed by atoms with E-state index in [4.69, 9.17) is 0 Å². The first kappa shape index (κ1) is 8.46. The minimum atomic E-state index is -2.88. The number of nitrogens with zero attached hydrogens (tertiary/aromatic N) is 4. The van der Waals surface area contributed by atoms with E-state index in [1.54, 1.807) is 0 Å². The van der Waals surface area contributed by atoms with Crippen molar-refractivity contribution in [1.82, 2.24) is 5.01 Å². The molecule has 1 aliphatic rings. The maximum absolute atomic E-state index is 10.7. The first-order valence-electron chi connectivity index (χ1n) is 2.66. The van der Waals surface area contributed by atoms with Gasteiger partial charge in [-0.1, -0.05) is 9.59 Å². The molecule has 0 spiro atoms. The number of amides is 3. The topological polar surface area (TPSA) is 109 Å². The van der Waals surface area contributed by atoms with Crippen LogP contribution in [0.3, 0.4) is 0 Å². The molecule has 0 fully saturated rings. The van der Waals surface area contributed by atoms with Crippen molar-refractivity contribution in [2.75, 3.05) is 6.54 Å². The van der Waals surface area contributed by atoms with E-state index in [0.29, 0.717) is 0 Å². The summed E-state index contributed by atoms with van der Waals surface area (Å²) in [6.45, 7) is -0.257. The van der Waals surface area contributed by atoms with E-state index in [1.807, 2.05) is 0 Å². The highest BCUT2D eigenvalue weighted by Gasteiger charge is 2.25. The molecule has 0 saturated carbocycles. The molecule has 1 aliphatic heterocycles. The lowest BCUT2D eigenvalue weighted by Crippen LogP contribution is -2.27. The molecule has 0 aromatic rings. The van der Waals surface area contributed by atoms with Crippen LogP contribution < -0.4 is 0 Å². The average Bonchev–Trinajstić information content (AvgIpc) is 2.33. The quantitative estimate of drug-likeness (QED) is 0.506. The van der Waals surface area contributed by atoms with Gasteiger partial charge < -0.3 is 0 Å². The number of carbonyl (C=O) groups is 2. The Bertz CT molecular complexity index is 373. The Labute approximate surface area is 67.6 Å². The highest BCUT2D eigenvalue weighted by atomic mass is 32.2. The molecular weight excluding hydrogens is 188 g/mol. The van der Waals surface area contributed by atoms with Crippen LogP contribution in [0, 0.1) is 0 Å². The number of carbonyl (C=O) groups excluding carboxylic acids is 2. The smallest absolute Gasteiger partial charge is 0.270 e. The van der Waals surface area contributed by atoms with Gasteiger partial charge in [0.1, 0.15) is 6.54 Å². The Morgan fingerprint density at radius 3 is 2.67 bits per heavy atom. The highest BCUT2D eigenvalue weighted by Crippen LogP contribution is 2.03. The van der Waals surface area contributed by atoms with Crippen LogP contribution in [0.25, 0.3) is 0 Å². The Balaban J connectivity index is 2.85. The third kappa shape index (κ3) is 1.69. The van der Waals surface area contributed by atoms with Crippen LogP contribution in [0.4, 0.5) is 4.79 Å². The molecule has 0 aliphatic carbocycles. The first-order chi connectivity index (χ1) is 5.61. The van der Waals surface area contributed by atoms with Crippen molar-refractivity contribution in [3.63, 3.8) is 0 Å². The molecular formula is C3H2N4O4S. The van der Waals surface area contributed by atoms with Crippen LogP contribution in [0.2, 0.25) is 0 Å². The van der Waals surface area contributed by atoms with Crippen molar-refractivity contribution in [2.24, 2.45) is 14.7 Å². The standard InChI is InChI=1S/C3H2N4O4S/c8-2-1-4-6-7(2)3(9)5-12(10)11/h1H2. The predicted molar refractivity (Wildman–Crippen MR) is 33.3 cm³/mol. The Morgan fingerprint density at radius 1 is 1.58 bits per heavy atom. The lowest BCUT2D eigenvalue weighted by Gasteiger charge is -1.99. The van der Waals surface area contributed by atoms with E-state index < -0.39 is 22.4 Å². The number of urea groups is 1. The second-order valence-corrected chi connectivity index (χ2v) is 2.30. The van der Waals surface area contributed by atoms with Crippen LogP contribution in [0.1, 0.15) is 0 Å². The van der Waals surface area contributed by atoms with Crippen molar-refractivity contribution in [3.05, 3.63) is 0 Å². The number of imide groups is 1. The number of rotatable bonds is 0. The van der Waals surface area contributed by atoms with Gasteiger partial charge in [0, 0.05) is 0 Å². The summed E-state index contributed by atoms with van der Waals surface area (Å²) in [6, 6.07) is -1.26. The van der Waals surface area contributed by atoms with E-state index in [1.165, 1.54) is 0 Å². The largest absolute Gasteiger partial charge is 0.387 e. The van der Waals surface area contributed by atoms with E-state index in [9.17, 15) is 18.0 Å². The summed E-state index contributed by atoms with van der Waals surface area (Å²) in [6.07, 6.45) is 0. The second-order valence-electron chi connectivity index (χ2n) is 1.69. The summed E-state index contributed by atoms with van der Waals surface area (Å²) in [7, 11) is -2.88. The van der Waals surface area contributed by atoms with Crippen LogP contribution in [0.15, 0.2) is 14.7 Å². The third-order valence-corrected chi connectivity index (χ3v) is 1.23. The van der Waals surface area contributed by atoms with Gasteiger partial charge in [0.05, 0.1) is 0 Å². The van der Waals surface area contributed by atoms with E-state index in [2.05, 4.69) is 14.7 Å². The molecule has 1 rings (SSSR count). The summed E-state index contributed by atoms with van der Waals surface area (Å²) in [5, 5.41) is 6.54. The van der Waals surface area contributed by atoms with Gasteiger partial charge in [0.2, 0.25) is 0 Å². The van der Waals surface area contributed by atoms with Crippen molar-refractivity contribution in [2.45, 2.75) is 0 Å². The SMILES string of the molecule is O=C1CN=NN1C(=O)N=S(=O)=O. The molecule has 0 saturated heterocycles. The molecule has 0 radical (unpaired) electrons. The molecule has 64 valence electrons. The first-order valence-corrected chi connectivity index (χ1v) is 3.70. The van der Waals surface area contributed by atoms with E-state index in [0.717, 1.165) is 0 Å². The zero-order valence-electron chi connectivity index (χ0n) is 5.54. The summed E-state index contributed by atoms with van der Waals surface area (Å²) in [5.74, 6) is -0.700. The average molecular weight is 190 g/mol. The van der Waals surface area contributed by atoms with Crippen molar-refractivity contribution in [3.8, 4) is 0 Å². The molecule has 0 bridgehead atoms. The van der Waals surface area contributed by atoms with Crippen molar-refractivity contribution in [1.29, 1.82) is 0 Å². The molecule has 8 nitrogen and oxygen atoms in total. The summed E-state index contributed by atoms with van der Waals surface area (Å²) >= 11 is 0. The minimum absolute atomic E-state index is 0.257. The number of hydrogen-bond acceptors (Lipinski definition) is 6. The molecule has 0 N–H and O–H groups in total. The maximum Gasteiger partial charge on any atom is 0.387 e. The molecule has 0 atom stereocenters. The summed E-state index contributed by atoms with van der Waals surface area (Å²) in [4.78, 5) is 21.3. The molecule has 9 heteroatoms. The lowest BCUT2D eigenvalue weighted by atomic mass is 10.6.